The van der Waals surface area contributed by atoms with Crippen molar-refractivity contribution < 1.29 is 0 Å². The van der Waals surface area contributed by atoms with Gasteiger partial charge in [0.25, 0.3) is 0 Å². The van der Waals surface area contributed by atoms with Gasteiger partial charge in [0, 0.05) is 4.88 Å². The van der Waals surface area contributed by atoms with E-state index in [1.54, 1.807) is 0 Å². The van der Waals surface area contributed by atoms with Gasteiger partial charge in [-0.2, -0.15) is 0 Å². The zero-order valence-corrected chi connectivity index (χ0v) is 9.96. The van der Waals surface area contributed by atoms with Crippen LogP contribution in [0.5, 0.6) is 0 Å². The SMILES string of the molecule is Brc1ccc(CCC2CCNC2)s1. The number of aryl methyl sites for hydroxylation is 1. The van der Waals surface area contributed by atoms with Crippen molar-refractivity contribution in [2.24, 2.45) is 5.92 Å². The highest BCUT2D eigenvalue weighted by Gasteiger charge is 2.14. The Labute approximate surface area is 91.7 Å². The first-order chi connectivity index (χ1) is 6.34. The highest BCUT2D eigenvalue weighted by molar-refractivity contribution is 9.11. The van der Waals surface area contributed by atoms with Crippen molar-refractivity contribution >= 4 is 27.3 Å². The first-order valence-electron chi connectivity index (χ1n) is 4.79. The molecule has 1 atom stereocenters. The maximum absolute atomic E-state index is 3.49. The lowest BCUT2D eigenvalue weighted by Crippen LogP contribution is -2.09. The van der Waals surface area contributed by atoms with Gasteiger partial charge < -0.3 is 5.32 Å². The molecule has 1 nitrogen and oxygen atoms in total. The Balaban J connectivity index is 1.78. The van der Waals surface area contributed by atoms with Gasteiger partial charge in [-0.15, -0.1) is 11.3 Å². The summed E-state index contributed by atoms with van der Waals surface area (Å²) in [6.45, 7) is 2.45. The van der Waals surface area contributed by atoms with Gasteiger partial charge in [-0.05, 0) is 66.3 Å². The number of nitrogens with one attached hydrogen (secondary N) is 1. The van der Waals surface area contributed by atoms with Crippen LogP contribution in [0.3, 0.4) is 0 Å². The van der Waals surface area contributed by atoms with Crippen LogP contribution < -0.4 is 5.32 Å². The molecule has 13 heavy (non-hydrogen) atoms. The molecule has 0 spiro atoms. The maximum Gasteiger partial charge on any atom is 0.0701 e. The van der Waals surface area contributed by atoms with E-state index in [0.29, 0.717) is 0 Å². The third-order valence-corrected chi connectivity index (χ3v) is 4.27. The Bertz CT molecular complexity index is 266. The predicted octanol–water partition coefficient (Wildman–Crippen LogP) is 3.05. The van der Waals surface area contributed by atoms with Crippen molar-refractivity contribution in [3.63, 3.8) is 0 Å². The van der Waals surface area contributed by atoms with Crippen molar-refractivity contribution in [3.8, 4) is 0 Å². The van der Waals surface area contributed by atoms with Gasteiger partial charge in [0.15, 0.2) is 0 Å². The van der Waals surface area contributed by atoms with Crippen LogP contribution in [-0.2, 0) is 6.42 Å². The minimum atomic E-state index is 0.917. The largest absolute Gasteiger partial charge is 0.316 e. The molecule has 72 valence electrons. The number of hydrogen-bond donors (Lipinski definition) is 1. The molecule has 1 fully saturated rings. The quantitative estimate of drug-likeness (QED) is 0.880. The van der Waals surface area contributed by atoms with Gasteiger partial charge in [0.2, 0.25) is 0 Å². The van der Waals surface area contributed by atoms with Gasteiger partial charge in [-0.25, -0.2) is 0 Å². The summed E-state index contributed by atoms with van der Waals surface area (Å²) in [7, 11) is 0. The Morgan fingerprint density at radius 2 is 2.46 bits per heavy atom. The number of thiophene rings is 1. The zero-order chi connectivity index (χ0) is 9.10. The number of rotatable bonds is 3. The van der Waals surface area contributed by atoms with Gasteiger partial charge in [-0.3, -0.25) is 0 Å². The third-order valence-electron chi connectivity index (χ3n) is 2.59. The number of hydrogen-bond acceptors (Lipinski definition) is 2. The second kappa shape index (κ2) is 4.58. The van der Waals surface area contributed by atoms with Crippen molar-refractivity contribution in [2.75, 3.05) is 13.1 Å². The van der Waals surface area contributed by atoms with Crippen molar-refractivity contribution in [3.05, 3.63) is 20.8 Å². The second-order valence-electron chi connectivity index (χ2n) is 3.60. The van der Waals surface area contributed by atoms with E-state index in [9.17, 15) is 0 Å². The molecule has 0 amide bonds. The predicted molar refractivity (Wildman–Crippen MR) is 61.3 cm³/mol. The van der Waals surface area contributed by atoms with E-state index >= 15 is 0 Å². The third kappa shape index (κ3) is 2.79. The van der Waals surface area contributed by atoms with E-state index < -0.39 is 0 Å². The summed E-state index contributed by atoms with van der Waals surface area (Å²) in [5.41, 5.74) is 0. The Hall–Kier alpha value is 0.140. The molecule has 0 bridgehead atoms. The van der Waals surface area contributed by atoms with Gasteiger partial charge >= 0.3 is 0 Å². The molecule has 1 aromatic heterocycles. The van der Waals surface area contributed by atoms with E-state index in [4.69, 9.17) is 0 Å². The lowest BCUT2D eigenvalue weighted by atomic mass is 10.0. The van der Waals surface area contributed by atoms with E-state index in [0.717, 1.165) is 5.92 Å². The molecule has 1 N–H and O–H groups in total. The van der Waals surface area contributed by atoms with Crippen LogP contribution in [0.2, 0.25) is 0 Å². The van der Waals surface area contributed by atoms with E-state index in [1.807, 2.05) is 11.3 Å². The van der Waals surface area contributed by atoms with Crippen LogP contribution in [0.4, 0.5) is 0 Å². The summed E-state index contributed by atoms with van der Waals surface area (Å²) in [5.74, 6) is 0.917. The van der Waals surface area contributed by atoms with E-state index in [-0.39, 0.29) is 0 Å². The molecular formula is C10H14BrNS. The minimum Gasteiger partial charge on any atom is -0.316 e. The molecule has 2 rings (SSSR count). The fourth-order valence-electron chi connectivity index (χ4n) is 1.79. The van der Waals surface area contributed by atoms with Gasteiger partial charge in [0.1, 0.15) is 0 Å². The summed E-state index contributed by atoms with van der Waals surface area (Å²) in [6.07, 6.45) is 3.97. The zero-order valence-electron chi connectivity index (χ0n) is 7.55. The normalized spacial score (nSPS) is 22.4. The standard InChI is InChI=1S/C10H14BrNS/c11-10-4-3-9(13-10)2-1-8-5-6-12-7-8/h3-4,8,12H,1-2,5-7H2. The minimum absolute atomic E-state index is 0.917. The Kier molecular flexibility index (Phi) is 3.41. The second-order valence-corrected chi connectivity index (χ2v) is 6.15. The molecule has 0 saturated carbocycles. The topological polar surface area (TPSA) is 12.0 Å². The molecule has 0 aromatic carbocycles. The van der Waals surface area contributed by atoms with E-state index in [1.165, 1.54) is 41.0 Å². The van der Waals surface area contributed by atoms with Gasteiger partial charge in [-0.1, -0.05) is 0 Å². The Morgan fingerprint density at radius 3 is 3.08 bits per heavy atom. The molecule has 0 aliphatic carbocycles. The fraction of sp³-hybridized carbons (Fsp3) is 0.600. The lowest BCUT2D eigenvalue weighted by molar-refractivity contribution is 0.535. The van der Waals surface area contributed by atoms with Crippen LogP contribution in [0.1, 0.15) is 17.7 Å². The van der Waals surface area contributed by atoms with Crippen LogP contribution in [0.25, 0.3) is 0 Å². The average molecular weight is 260 g/mol. The van der Waals surface area contributed by atoms with Gasteiger partial charge in [0.05, 0.1) is 3.79 Å². The molecule has 1 unspecified atom stereocenters. The van der Waals surface area contributed by atoms with Crippen molar-refractivity contribution in [1.82, 2.24) is 5.32 Å². The van der Waals surface area contributed by atoms with Crippen LogP contribution >= 0.6 is 27.3 Å². The fourth-order valence-corrected chi connectivity index (χ4v) is 3.29. The first-order valence-corrected chi connectivity index (χ1v) is 6.40. The highest BCUT2D eigenvalue weighted by atomic mass is 79.9. The molecule has 3 heteroatoms. The van der Waals surface area contributed by atoms with Crippen LogP contribution in [0.15, 0.2) is 15.9 Å². The average Bonchev–Trinajstić information content (AvgIpc) is 2.71. The summed E-state index contributed by atoms with van der Waals surface area (Å²) >= 11 is 5.36. The van der Waals surface area contributed by atoms with Crippen molar-refractivity contribution in [1.29, 1.82) is 0 Å². The summed E-state index contributed by atoms with van der Waals surface area (Å²) < 4.78 is 1.26. The molecule has 1 aromatic rings. The summed E-state index contributed by atoms with van der Waals surface area (Å²) in [6, 6.07) is 4.38. The Morgan fingerprint density at radius 1 is 1.54 bits per heavy atom. The summed E-state index contributed by atoms with van der Waals surface area (Å²) in [5, 5.41) is 3.41. The smallest absolute Gasteiger partial charge is 0.0701 e. The molecule has 1 aliphatic heterocycles. The van der Waals surface area contributed by atoms with Crippen LogP contribution in [-0.4, -0.2) is 13.1 Å². The number of halogens is 1. The molecular weight excluding hydrogens is 246 g/mol. The molecule has 2 heterocycles. The molecule has 0 radical (unpaired) electrons. The molecule has 1 saturated heterocycles. The highest BCUT2D eigenvalue weighted by Crippen LogP contribution is 2.25. The van der Waals surface area contributed by atoms with Crippen molar-refractivity contribution in [2.45, 2.75) is 19.3 Å². The van der Waals surface area contributed by atoms with Crippen LogP contribution in [0, 0.1) is 5.92 Å². The first kappa shape index (κ1) is 9.69. The van der Waals surface area contributed by atoms with E-state index in [2.05, 4.69) is 33.4 Å². The monoisotopic (exact) mass is 259 g/mol. The lowest BCUT2D eigenvalue weighted by Gasteiger charge is -2.05. The molecule has 1 aliphatic rings. The maximum atomic E-state index is 3.49. The summed E-state index contributed by atoms with van der Waals surface area (Å²) in [4.78, 5) is 1.51.